The third-order valence-corrected chi connectivity index (χ3v) is 4.77. The number of nitrogens with zero attached hydrogens (tertiary/aromatic N) is 3. The summed E-state index contributed by atoms with van der Waals surface area (Å²) in [5.74, 6) is -0.202. The van der Waals surface area contributed by atoms with Crippen LogP contribution < -0.4 is 0 Å². The molecule has 2 rings (SSSR count). The van der Waals surface area contributed by atoms with E-state index in [2.05, 4.69) is 56.0 Å². The van der Waals surface area contributed by atoms with Crippen LogP contribution in [-0.2, 0) is 0 Å². The average molecular weight is 351 g/mol. The van der Waals surface area contributed by atoms with Crippen molar-refractivity contribution < 1.29 is 4.79 Å². The van der Waals surface area contributed by atoms with E-state index in [0.717, 1.165) is 5.57 Å². The molecule has 1 aromatic heterocycles. The molecule has 1 aromatic rings. The van der Waals surface area contributed by atoms with Crippen molar-refractivity contribution in [2.75, 3.05) is 0 Å². The molecule has 0 aliphatic heterocycles. The van der Waals surface area contributed by atoms with E-state index in [0.29, 0.717) is 0 Å². The highest BCUT2D eigenvalue weighted by Gasteiger charge is 2.26. The summed E-state index contributed by atoms with van der Waals surface area (Å²) in [4.78, 5) is 15.7. The van der Waals surface area contributed by atoms with Gasteiger partial charge >= 0.3 is 0 Å². The molecule has 0 bridgehead atoms. The molecular formula is C22H29N3O. The molecular weight excluding hydrogens is 322 g/mol. The van der Waals surface area contributed by atoms with Gasteiger partial charge in [0.1, 0.15) is 12.7 Å². The molecule has 0 aromatic carbocycles. The lowest BCUT2D eigenvalue weighted by Gasteiger charge is -2.32. The predicted octanol–water partition coefficient (Wildman–Crippen LogP) is 5.45. The minimum Gasteiger partial charge on any atom is -0.267 e. The molecule has 0 spiro atoms. The van der Waals surface area contributed by atoms with Gasteiger partial charge in [0, 0.05) is 6.08 Å². The van der Waals surface area contributed by atoms with Gasteiger partial charge in [0.25, 0.3) is 5.91 Å². The van der Waals surface area contributed by atoms with E-state index < -0.39 is 0 Å². The van der Waals surface area contributed by atoms with Gasteiger partial charge in [-0.05, 0) is 56.6 Å². The van der Waals surface area contributed by atoms with Gasteiger partial charge in [-0.1, -0.05) is 55.4 Å². The first-order chi connectivity index (χ1) is 12.3. The number of hydrogen-bond acceptors (Lipinski definition) is 3. The summed E-state index contributed by atoms with van der Waals surface area (Å²) in [5.41, 5.74) is 5.28. The minimum atomic E-state index is -0.202. The first kappa shape index (κ1) is 19.8. The molecule has 0 radical (unpaired) electrons. The molecule has 0 fully saturated rings. The molecule has 4 heteroatoms. The standard InChI is InChI=1S/C22H29N3O/c1-17(11-12-20-19(3)10-7-13-22(20,4)5)8-6-9-18(2)14-21(26)25-16-23-15-24-25/h6,8-9,11-12,14-16H,7,10,13H2,1-5H3. The van der Waals surface area contributed by atoms with Gasteiger partial charge in [-0.2, -0.15) is 9.78 Å². The predicted molar refractivity (Wildman–Crippen MR) is 107 cm³/mol. The summed E-state index contributed by atoms with van der Waals surface area (Å²) in [5, 5.41) is 3.83. The molecule has 0 atom stereocenters. The van der Waals surface area contributed by atoms with E-state index in [1.807, 2.05) is 19.1 Å². The summed E-state index contributed by atoms with van der Waals surface area (Å²) in [6.45, 7) is 10.9. The molecule has 0 saturated heterocycles. The summed E-state index contributed by atoms with van der Waals surface area (Å²) < 4.78 is 1.21. The number of allylic oxidation sites excluding steroid dienone is 10. The fraction of sp³-hybridized carbons (Fsp3) is 0.409. The number of hydrogen-bond donors (Lipinski definition) is 0. The van der Waals surface area contributed by atoms with Gasteiger partial charge in [0.15, 0.2) is 0 Å². The van der Waals surface area contributed by atoms with Crippen LogP contribution in [0.5, 0.6) is 0 Å². The van der Waals surface area contributed by atoms with E-state index in [9.17, 15) is 4.79 Å². The summed E-state index contributed by atoms with van der Waals surface area (Å²) in [6.07, 6.45) is 18.4. The highest BCUT2D eigenvalue weighted by molar-refractivity contribution is 5.89. The van der Waals surface area contributed by atoms with E-state index in [1.54, 1.807) is 6.08 Å². The zero-order chi connectivity index (χ0) is 19.2. The van der Waals surface area contributed by atoms with E-state index in [4.69, 9.17) is 0 Å². The second-order valence-corrected chi connectivity index (χ2v) is 7.60. The van der Waals surface area contributed by atoms with Crippen LogP contribution in [0.25, 0.3) is 0 Å². The number of carbonyl (C=O) groups excluding carboxylic acids is 1. The topological polar surface area (TPSA) is 47.8 Å². The SMILES string of the molecule is CC(C=CC1=C(C)CCCC1(C)C)=CC=CC(C)=CC(=O)n1cncn1. The molecule has 26 heavy (non-hydrogen) atoms. The van der Waals surface area contributed by atoms with Crippen LogP contribution in [-0.4, -0.2) is 20.7 Å². The summed E-state index contributed by atoms with van der Waals surface area (Å²) in [7, 11) is 0. The second-order valence-electron chi connectivity index (χ2n) is 7.60. The van der Waals surface area contributed by atoms with Crippen molar-refractivity contribution in [3.8, 4) is 0 Å². The molecule has 0 saturated carbocycles. The summed E-state index contributed by atoms with van der Waals surface area (Å²) in [6, 6.07) is 0. The number of rotatable bonds is 5. The largest absolute Gasteiger partial charge is 0.272 e. The highest BCUT2D eigenvalue weighted by atomic mass is 16.2. The Kier molecular flexibility index (Phi) is 6.67. The average Bonchev–Trinajstić information content (AvgIpc) is 3.08. The van der Waals surface area contributed by atoms with Crippen molar-refractivity contribution in [1.82, 2.24) is 14.8 Å². The number of aromatic nitrogens is 3. The van der Waals surface area contributed by atoms with Gasteiger partial charge in [0.2, 0.25) is 0 Å². The van der Waals surface area contributed by atoms with Gasteiger partial charge in [-0.25, -0.2) is 4.98 Å². The molecule has 0 N–H and O–H groups in total. The Balaban J connectivity index is 2.01. The van der Waals surface area contributed by atoms with Crippen molar-refractivity contribution in [1.29, 1.82) is 0 Å². The monoisotopic (exact) mass is 351 g/mol. The van der Waals surface area contributed by atoms with Gasteiger partial charge in [-0.15, -0.1) is 0 Å². The Bertz CT molecular complexity index is 787. The van der Waals surface area contributed by atoms with Crippen LogP contribution in [0.3, 0.4) is 0 Å². The Morgan fingerprint density at radius 1 is 1.23 bits per heavy atom. The Labute approximate surface area is 156 Å². The molecule has 4 nitrogen and oxygen atoms in total. The lowest BCUT2D eigenvalue weighted by atomic mass is 9.72. The second kappa shape index (κ2) is 8.75. The van der Waals surface area contributed by atoms with E-state index >= 15 is 0 Å². The molecule has 1 aliphatic rings. The van der Waals surface area contributed by atoms with Gasteiger partial charge in [0.05, 0.1) is 0 Å². The zero-order valence-corrected chi connectivity index (χ0v) is 16.5. The first-order valence-corrected chi connectivity index (χ1v) is 9.10. The van der Waals surface area contributed by atoms with Crippen LogP contribution in [0.1, 0.15) is 58.7 Å². The van der Waals surface area contributed by atoms with Gasteiger partial charge < -0.3 is 0 Å². The van der Waals surface area contributed by atoms with Crippen LogP contribution >= 0.6 is 0 Å². The lowest BCUT2D eigenvalue weighted by Crippen LogP contribution is -2.19. The molecule has 0 unspecified atom stereocenters. The summed E-state index contributed by atoms with van der Waals surface area (Å²) >= 11 is 0. The number of carbonyl (C=O) groups is 1. The molecule has 1 heterocycles. The fourth-order valence-electron chi connectivity index (χ4n) is 3.26. The minimum absolute atomic E-state index is 0.202. The maximum atomic E-state index is 11.9. The van der Waals surface area contributed by atoms with Crippen molar-refractivity contribution in [2.45, 2.75) is 53.9 Å². The Morgan fingerprint density at radius 3 is 2.65 bits per heavy atom. The van der Waals surface area contributed by atoms with Crippen LogP contribution in [0.2, 0.25) is 0 Å². The highest BCUT2D eigenvalue weighted by Crippen LogP contribution is 2.40. The van der Waals surface area contributed by atoms with Gasteiger partial charge in [-0.3, -0.25) is 4.79 Å². The molecule has 0 amide bonds. The third-order valence-electron chi connectivity index (χ3n) is 4.77. The Hall–Kier alpha value is -2.49. The third kappa shape index (κ3) is 5.51. The quantitative estimate of drug-likeness (QED) is 0.523. The van der Waals surface area contributed by atoms with Crippen molar-refractivity contribution in [3.05, 3.63) is 71.4 Å². The van der Waals surface area contributed by atoms with Crippen molar-refractivity contribution in [2.24, 2.45) is 5.41 Å². The van der Waals surface area contributed by atoms with Crippen LogP contribution in [0, 0.1) is 5.41 Å². The Morgan fingerprint density at radius 2 is 2.00 bits per heavy atom. The maximum Gasteiger partial charge on any atom is 0.272 e. The zero-order valence-electron chi connectivity index (χ0n) is 16.5. The van der Waals surface area contributed by atoms with Crippen LogP contribution in [0.15, 0.2) is 71.4 Å². The molecule has 1 aliphatic carbocycles. The molecule has 138 valence electrons. The van der Waals surface area contributed by atoms with Crippen molar-refractivity contribution >= 4 is 5.91 Å². The van der Waals surface area contributed by atoms with Crippen molar-refractivity contribution in [3.63, 3.8) is 0 Å². The normalized spacial score (nSPS) is 19.0. The van der Waals surface area contributed by atoms with Crippen LogP contribution in [0.4, 0.5) is 0 Å². The van der Waals surface area contributed by atoms with E-state index in [-0.39, 0.29) is 11.3 Å². The lowest BCUT2D eigenvalue weighted by molar-refractivity contribution is 0.0953. The first-order valence-electron chi connectivity index (χ1n) is 9.10. The fourth-order valence-corrected chi connectivity index (χ4v) is 3.26. The maximum absolute atomic E-state index is 11.9. The smallest absolute Gasteiger partial charge is 0.267 e. The van der Waals surface area contributed by atoms with E-state index in [1.165, 1.54) is 53.3 Å².